The SMILES string of the molecule is O=C(O)CCCNC(=O)N1CCCc2ccccc21. The second-order valence-electron chi connectivity index (χ2n) is 4.61. The molecule has 0 spiro atoms. The Labute approximate surface area is 112 Å². The first-order valence-electron chi connectivity index (χ1n) is 6.53. The molecule has 19 heavy (non-hydrogen) atoms. The minimum Gasteiger partial charge on any atom is -0.481 e. The van der Waals surface area contributed by atoms with Gasteiger partial charge in [0.15, 0.2) is 0 Å². The summed E-state index contributed by atoms with van der Waals surface area (Å²) in [6, 6.07) is 7.75. The van der Waals surface area contributed by atoms with Crippen LogP contribution in [0.3, 0.4) is 0 Å². The third kappa shape index (κ3) is 3.47. The lowest BCUT2D eigenvalue weighted by atomic mass is 10.0. The van der Waals surface area contributed by atoms with E-state index in [0.717, 1.165) is 18.5 Å². The van der Waals surface area contributed by atoms with Gasteiger partial charge in [0.1, 0.15) is 0 Å². The van der Waals surface area contributed by atoms with Crippen molar-refractivity contribution < 1.29 is 14.7 Å². The van der Waals surface area contributed by atoms with Gasteiger partial charge in [-0.2, -0.15) is 0 Å². The molecule has 0 aliphatic carbocycles. The predicted molar refractivity (Wildman–Crippen MR) is 72.4 cm³/mol. The number of nitrogens with zero attached hydrogens (tertiary/aromatic N) is 1. The van der Waals surface area contributed by atoms with Crippen LogP contribution in [0.25, 0.3) is 0 Å². The van der Waals surface area contributed by atoms with Crippen LogP contribution in [-0.4, -0.2) is 30.2 Å². The zero-order chi connectivity index (χ0) is 13.7. The van der Waals surface area contributed by atoms with E-state index in [1.807, 2.05) is 24.3 Å². The van der Waals surface area contributed by atoms with E-state index >= 15 is 0 Å². The standard InChI is InChI=1S/C14H18N2O3/c17-13(18)8-3-9-15-14(19)16-10-4-6-11-5-1-2-7-12(11)16/h1-2,5,7H,3-4,6,8-10H2,(H,15,19)(H,17,18). The van der Waals surface area contributed by atoms with Crippen molar-refractivity contribution in [3.8, 4) is 0 Å². The van der Waals surface area contributed by atoms with E-state index in [2.05, 4.69) is 5.32 Å². The summed E-state index contributed by atoms with van der Waals surface area (Å²) in [6.07, 6.45) is 2.49. The van der Waals surface area contributed by atoms with E-state index < -0.39 is 5.97 Å². The van der Waals surface area contributed by atoms with Gasteiger partial charge in [0, 0.05) is 25.2 Å². The fraction of sp³-hybridized carbons (Fsp3) is 0.429. The quantitative estimate of drug-likeness (QED) is 0.815. The van der Waals surface area contributed by atoms with Crippen molar-refractivity contribution in [1.82, 2.24) is 5.32 Å². The molecule has 1 heterocycles. The number of carboxylic acids is 1. The minimum absolute atomic E-state index is 0.0802. The highest BCUT2D eigenvalue weighted by molar-refractivity contribution is 5.93. The first-order chi connectivity index (χ1) is 9.18. The molecule has 1 aliphatic rings. The Morgan fingerprint density at radius 2 is 2.11 bits per heavy atom. The zero-order valence-corrected chi connectivity index (χ0v) is 10.8. The normalized spacial score (nSPS) is 13.8. The molecule has 0 radical (unpaired) electrons. The number of hydrogen-bond acceptors (Lipinski definition) is 2. The summed E-state index contributed by atoms with van der Waals surface area (Å²) in [4.78, 5) is 24.2. The number of carbonyl (C=O) groups is 2. The van der Waals surface area contributed by atoms with Crippen LogP contribution >= 0.6 is 0 Å². The van der Waals surface area contributed by atoms with Gasteiger partial charge in [0.25, 0.3) is 0 Å². The molecule has 5 nitrogen and oxygen atoms in total. The molecule has 5 heteroatoms. The lowest BCUT2D eigenvalue weighted by molar-refractivity contribution is -0.137. The summed E-state index contributed by atoms with van der Waals surface area (Å²) in [5, 5.41) is 11.3. The molecule has 0 unspecified atom stereocenters. The summed E-state index contributed by atoms with van der Waals surface area (Å²) < 4.78 is 0. The highest BCUT2D eigenvalue weighted by atomic mass is 16.4. The first kappa shape index (κ1) is 13.4. The lowest BCUT2D eigenvalue weighted by Crippen LogP contribution is -2.43. The maximum Gasteiger partial charge on any atom is 0.321 e. The van der Waals surface area contributed by atoms with E-state index in [9.17, 15) is 9.59 Å². The van der Waals surface area contributed by atoms with E-state index in [4.69, 9.17) is 5.11 Å². The van der Waals surface area contributed by atoms with Crippen LogP contribution in [0, 0.1) is 0 Å². The molecule has 1 aromatic carbocycles. The van der Waals surface area contributed by atoms with E-state index in [1.165, 1.54) is 5.56 Å². The Morgan fingerprint density at radius 3 is 2.89 bits per heavy atom. The molecule has 102 valence electrons. The number of anilines is 1. The summed E-state index contributed by atoms with van der Waals surface area (Å²) >= 11 is 0. The number of carboxylic acid groups (broad SMARTS) is 1. The Bertz CT molecular complexity index is 474. The highest BCUT2D eigenvalue weighted by Gasteiger charge is 2.21. The van der Waals surface area contributed by atoms with Crippen molar-refractivity contribution in [2.24, 2.45) is 0 Å². The summed E-state index contributed by atoms with van der Waals surface area (Å²) in [5.41, 5.74) is 2.15. The van der Waals surface area contributed by atoms with Crippen molar-refractivity contribution in [2.45, 2.75) is 25.7 Å². The second-order valence-corrected chi connectivity index (χ2v) is 4.61. The molecule has 0 fully saturated rings. The van der Waals surface area contributed by atoms with Gasteiger partial charge < -0.3 is 10.4 Å². The van der Waals surface area contributed by atoms with Crippen molar-refractivity contribution in [2.75, 3.05) is 18.0 Å². The minimum atomic E-state index is -0.836. The van der Waals surface area contributed by atoms with Gasteiger partial charge in [-0.3, -0.25) is 9.69 Å². The van der Waals surface area contributed by atoms with Gasteiger partial charge in [0.05, 0.1) is 0 Å². The first-order valence-corrected chi connectivity index (χ1v) is 6.53. The van der Waals surface area contributed by atoms with Gasteiger partial charge in [-0.15, -0.1) is 0 Å². The molecular formula is C14H18N2O3. The number of aliphatic carboxylic acids is 1. The number of hydrogen-bond donors (Lipinski definition) is 2. The van der Waals surface area contributed by atoms with Gasteiger partial charge >= 0.3 is 12.0 Å². The van der Waals surface area contributed by atoms with Crippen molar-refractivity contribution in [3.63, 3.8) is 0 Å². The maximum absolute atomic E-state index is 12.1. The number of amides is 2. The number of para-hydroxylation sites is 1. The molecule has 0 saturated heterocycles. The van der Waals surface area contributed by atoms with E-state index in [1.54, 1.807) is 4.90 Å². The molecule has 0 aromatic heterocycles. The lowest BCUT2D eigenvalue weighted by Gasteiger charge is -2.29. The van der Waals surface area contributed by atoms with Crippen LogP contribution in [0.4, 0.5) is 10.5 Å². The van der Waals surface area contributed by atoms with Crippen LogP contribution in [0.5, 0.6) is 0 Å². The molecule has 2 N–H and O–H groups in total. The highest BCUT2D eigenvalue weighted by Crippen LogP contribution is 2.26. The fourth-order valence-electron chi connectivity index (χ4n) is 2.27. The third-order valence-electron chi connectivity index (χ3n) is 3.20. The van der Waals surface area contributed by atoms with Crippen LogP contribution in [0.1, 0.15) is 24.8 Å². The van der Waals surface area contributed by atoms with Gasteiger partial charge in [-0.1, -0.05) is 18.2 Å². The Kier molecular flexibility index (Phi) is 4.39. The number of fused-ring (bicyclic) bond motifs is 1. The second kappa shape index (κ2) is 6.22. The molecule has 1 aromatic rings. The summed E-state index contributed by atoms with van der Waals surface area (Å²) in [5.74, 6) is -0.836. The third-order valence-corrected chi connectivity index (χ3v) is 3.20. The average molecular weight is 262 g/mol. The number of rotatable bonds is 4. The predicted octanol–water partition coefficient (Wildman–Crippen LogP) is 2.01. The number of aryl methyl sites for hydroxylation is 1. The topological polar surface area (TPSA) is 69.6 Å². The number of nitrogens with one attached hydrogen (secondary N) is 1. The van der Waals surface area contributed by atoms with Gasteiger partial charge in [-0.05, 0) is 30.9 Å². The Hall–Kier alpha value is -2.04. The Morgan fingerprint density at radius 1 is 1.32 bits per heavy atom. The fourth-order valence-corrected chi connectivity index (χ4v) is 2.27. The number of benzene rings is 1. The average Bonchev–Trinajstić information content (AvgIpc) is 2.42. The van der Waals surface area contributed by atoms with Crippen molar-refractivity contribution in [1.29, 1.82) is 0 Å². The molecule has 0 bridgehead atoms. The molecular weight excluding hydrogens is 244 g/mol. The molecule has 1 aliphatic heterocycles. The summed E-state index contributed by atoms with van der Waals surface area (Å²) in [7, 11) is 0. The zero-order valence-electron chi connectivity index (χ0n) is 10.8. The molecule has 2 amide bonds. The molecule has 2 rings (SSSR count). The van der Waals surface area contributed by atoms with Gasteiger partial charge in [-0.25, -0.2) is 4.79 Å². The smallest absolute Gasteiger partial charge is 0.321 e. The van der Waals surface area contributed by atoms with E-state index in [0.29, 0.717) is 19.5 Å². The van der Waals surface area contributed by atoms with Gasteiger partial charge in [0.2, 0.25) is 0 Å². The van der Waals surface area contributed by atoms with Crippen LogP contribution in [0.2, 0.25) is 0 Å². The van der Waals surface area contributed by atoms with E-state index in [-0.39, 0.29) is 12.5 Å². The summed E-state index contributed by atoms with van der Waals surface area (Å²) in [6.45, 7) is 1.10. The van der Waals surface area contributed by atoms with Crippen molar-refractivity contribution in [3.05, 3.63) is 29.8 Å². The van der Waals surface area contributed by atoms with Crippen LogP contribution in [-0.2, 0) is 11.2 Å². The molecule has 0 atom stereocenters. The number of urea groups is 1. The maximum atomic E-state index is 12.1. The Balaban J connectivity index is 1.92. The van der Waals surface area contributed by atoms with Crippen LogP contribution < -0.4 is 10.2 Å². The number of carbonyl (C=O) groups excluding carboxylic acids is 1. The van der Waals surface area contributed by atoms with Crippen LogP contribution in [0.15, 0.2) is 24.3 Å². The van der Waals surface area contributed by atoms with Crippen molar-refractivity contribution >= 4 is 17.7 Å². The monoisotopic (exact) mass is 262 g/mol. The largest absolute Gasteiger partial charge is 0.481 e. The molecule has 0 saturated carbocycles.